The van der Waals surface area contributed by atoms with Gasteiger partial charge in [-0.15, -0.1) is 0 Å². The van der Waals surface area contributed by atoms with Gasteiger partial charge in [-0.3, -0.25) is 9.69 Å². The van der Waals surface area contributed by atoms with Gasteiger partial charge in [0.1, 0.15) is 0 Å². The van der Waals surface area contributed by atoms with Crippen LogP contribution in [0.2, 0.25) is 0 Å². The summed E-state index contributed by atoms with van der Waals surface area (Å²) < 4.78 is 4.88. The first-order valence-electron chi connectivity index (χ1n) is 6.26. The third kappa shape index (κ3) is 4.51. The number of rotatable bonds is 6. The second kappa shape index (κ2) is 7.01. The Morgan fingerprint density at radius 2 is 2.11 bits per heavy atom. The molecule has 0 aromatic heterocycles. The van der Waals surface area contributed by atoms with Crippen LogP contribution in [0.3, 0.4) is 0 Å². The molecule has 0 bridgehead atoms. The summed E-state index contributed by atoms with van der Waals surface area (Å²) in [6, 6.07) is 0. The highest BCUT2D eigenvalue weighted by Gasteiger charge is 2.32. The van der Waals surface area contributed by atoms with Crippen LogP contribution in [-0.2, 0) is 9.53 Å². The molecule has 1 saturated heterocycles. The number of ether oxygens (including phenoxy) is 1. The fourth-order valence-corrected chi connectivity index (χ4v) is 2.21. The molecule has 0 aromatic rings. The van der Waals surface area contributed by atoms with Crippen molar-refractivity contribution in [1.82, 2.24) is 10.2 Å². The van der Waals surface area contributed by atoms with E-state index in [-0.39, 0.29) is 11.3 Å². The summed E-state index contributed by atoms with van der Waals surface area (Å²) in [5, 5.41) is 2.82. The minimum absolute atomic E-state index is 0.0433. The number of hydrogen-bond donors (Lipinski definition) is 2. The topological polar surface area (TPSA) is 67.6 Å². The Bertz CT molecular complexity index is 302. The maximum absolute atomic E-state index is 11.6. The fraction of sp³-hybridized carbons (Fsp3) is 0.833. The van der Waals surface area contributed by atoms with Crippen LogP contribution in [-0.4, -0.2) is 55.7 Å². The zero-order valence-electron chi connectivity index (χ0n) is 11.2. The van der Waals surface area contributed by atoms with E-state index >= 15 is 0 Å². The van der Waals surface area contributed by atoms with Crippen molar-refractivity contribution in [2.75, 3.05) is 39.9 Å². The van der Waals surface area contributed by atoms with Gasteiger partial charge in [-0.2, -0.15) is 0 Å². The highest BCUT2D eigenvalue weighted by atomic mass is 32.1. The van der Waals surface area contributed by atoms with E-state index in [2.05, 4.69) is 17.1 Å². The predicted molar refractivity (Wildman–Crippen MR) is 75.5 cm³/mol. The van der Waals surface area contributed by atoms with Crippen molar-refractivity contribution in [2.45, 2.75) is 19.8 Å². The molecule has 0 saturated carbocycles. The first-order chi connectivity index (χ1) is 8.48. The number of piperidine rings is 1. The van der Waals surface area contributed by atoms with E-state index in [1.165, 1.54) is 0 Å². The molecule has 104 valence electrons. The van der Waals surface area contributed by atoms with Crippen molar-refractivity contribution in [3.8, 4) is 0 Å². The molecule has 1 aliphatic rings. The van der Waals surface area contributed by atoms with Crippen molar-refractivity contribution < 1.29 is 9.53 Å². The normalized spacial score (nSPS) is 19.4. The first-order valence-corrected chi connectivity index (χ1v) is 6.66. The Hall–Kier alpha value is -0.720. The predicted octanol–water partition coefficient (Wildman–Crippen LogP) is 0.137. The fourth-order valence-electron chi connectivity index (χ4n) is 2.00. The number of amides is 1. The molecule has 0 atom stereocenters. The number of hydrogen-bond acceptors (Lipinski definition) is 4. The van der Waals surface area contributed by atoms with Gasteiger partial charge >= 0.3 is 0 Å². The standard InChI is InChI=1S/C12H23N3O2S/c1-12(11(13)18)3-6-15(7-4-12)9-10(16)14-5-8-17-2/h3-9H2,1-2H3,(H2,13,18)(H,14,16). The second-order valence-electron chi connectivity index (χ2n) is 5.04. The molecular weight excluding hydrogens is 250 g/mol. The van der Waals surface area contributed by atoms with Crippen molar-refractivity contribution in [3.63, 3.8) is 0 Å². The molecule has 0 aromatic carbocycles. The summed E-state index contributed by atoms with van der Waals surface area (Å²) in [7, 11) is 1.62. The number of nitrogens with two attached hydrogens (primary N) is 1. The Kier molecular flexibility index (Phi) is 5.98. The van der Waals surface area contributed by atoms with Gasteiger partial charge in [0, 0.05) is 19.1 Å². The van der Waals surface area contributed by atoms with Crippen LogP contribution in [0.25, 0.3) is 0 Å². The van der Waals surface area contributed by atoms with E-state index in [9.17, 15) is 4.79 Å². The van der Waals surface area contributed by atoms with Gasteiger partial charge in [0.25, 0.3) is 0 Å². The van der Waals surface area contributed by atoms with E-state index in [0.717, 1.165) is 25.9 Å². The molecule has 1 fully saturated rings. The van der Waals surface area contributed by atoms with E-state index in [1.807, 2.05) is 0 Å². The SMILES string of the molecule is COCCNC(=O)CN1CCC(C)(C(N)=S)CC1. The summed E-state index contributed by atoms with van der Waals surface area (Å²) in [5.41, 5.74) is 5.71. The molecule has 0 unspecified atom stereocenters. The van der Waals surface area contributed by atoms with E-state index in [4.69, 9.17) is 22.7 Å². The summed E-state index contributed by atoms with van der Waals surface area (Å²) in [4.78, 5) is 14.4. The number of methoxy groups -OCH3 is 1. The highest BCUT2D eigenvalue weighted by Crippen LogP contribution is 2.30. The lowest BCUT2D eigenvalue weighted by atomic mass is 9.80. The van der Waals surface area contributed by atoms with E-state index in [1.54, 1.807) is 7.11 Å². The van der Waals surface area contributed by atoms with Gasteiger partial charge < -0.3 is 15.8 Å². The summed E-state index contributed by atoms with van der Waals surface area (Å²) in [5.74, 6) is 0.0472. The van der Waals surface area contributed by atoms with Crippen molar-refractivity contribution in [1.29, 1.82) is 0 Å². The Balaban J connectivity index is 2.27. The summed E-state index contributed by atoms with van der Waals surface area (Å²) in [6.45, 7) is 5.39. The van der Waals surface area contributed by atoms with Crippen LogP contribution in [0.4, 0.5) is 0 Å². The molecule has 0 spiro atoms. The van der Waals surface area contributed by atoms with E-state index in [0.29, 0.717) is 24.7 Å². The van der Waals surface area contributed by atoms with Gasteiger partial charge in [0.2, 0.25) is 5.91 Å². The smallest absolute Gasteiger partial charge is 0.234 e. The number of nitrogens with one attached hydrogen (secondary N) is 1. The lowest BCUT2D eigenvalue weighted by molar-refractivity contribution is -0.122. The zero-order valence-corrected chi connectivity index (χ0v) is 12.0. The Morgan fingerprint density at radius 1 is 1.50 bits per heavy atom. The molecule has 0 radical (unpaired) electrons. The quantitative estimate of drug-likeness (QED) is 0.532. The highest BCUT2D eigenvalue weighted by molar-refractivity contribution is 7.80. The van der Waals surface area contributed by atoms with Gasteiger partial charge in [-0.05, 0) is 25.9 Å². The lowest BCUT2D eigenvalue weighted by Gasteiger charge is -2.38. The number of likely N-dealkylation sites (tertiary alicyclic amines) is 1. The van der Waals surface area contributed by atoms with Crippen LogP contribution in [0.15, 0.2) is 0 Å². The molecule has 1 rings (SSSR count). The van der Waals surface area contributed by atoms with Gasteiger partial charge in [0.05, 0.1) is 18.1 Å². The average Bonchev–Trinajstić information content (AvgIpc) is 2.32. The van der Waals surface area contributed by atoms with Crippen molar-refractivity contribution >= 4 is 23.1 Å². The molecular formula is C12H23N3O2S. The number of carbonyl (C=O) groups excluding carboxylic acids is 1. The van der Waals surface area contributed by atoms with Crippen LogP contribution in [0.5, 0.6) is 0 Å². The third-order valence-corrected chi connectivity index (χ3v) is 4.04. The molecule has 5 nitrogen and oxygen atoms in total. The zero-order chi connectivity index (χ0) is 13.6. The van der Waals surface area contributed by atoms with Crippen molar-refractivity contribution in [3.05, 3.63) is 0 Å². The largest absolute Gasteiger partial charge is 0.393 e. The number of carbonyl (C=O) groups is 1. The lowest BCUT2D eigenvalue weighted by Crippen LogP contribution is -2.47. The average molecular weight is 273 g/mol. The molecule has 3 N–H and O–H groups in total. The van der Waals surface area contributed by atoms with Crippen LogP contribution < -0.4 is 11.1 Å². The van der Waals surface area contributed by atoms with E-state index < -0.39 is 0 Å². The minimum Gasteiger partial charge on any atom is -0.393 e. The summed E-state index contributed by atoms with van der Waals surface area (Å²) in [6.07, 6.45) is 1.85. The molecule has 1 heterocycles. The minimum atomic E-state index is -0.0433. The van der Waals surface area contributed by atoms with Crippen LogP contribution >= 0.6 is 12.2 Å². The molecule has 18 heavy (non-hydrogen) atoms. The van der Waals surface area contributed by atoms with Gasteiger partial charge in [-0.25, -0.2) is 0 Å². The monoisotopic (exact) mass is 273 g/mol. The second-order valence-corrected chi connectivity index (χ2v) is 5.48. The summed E-state index contributed by atoms with van der Waals surface area (Å²) >= 11 is 5.09. The first kappa shape index (κ1) is 15.3. The molecule has 1 amide bonds. The van der Waals surface area contributed by atoms with Crippen LogP contribution in [0, 0.1) is 5.41 Å². The van der Waals surface area contributed by atoms with Crippen molar-refractivity contribution in [2.24, 2.45) is 11.1 Å². The number of nitrogens with zero attached hydrogens (tertiary/aromatic N) is 1. The van der Waals surface area contributed by atoms with Gasteiger partial charge in [0.15, 0.2) is 0 Å². The molecule has 6 heteroatoms. The Labute approximate surface area is 114 Å². The van der Waals surface area contributed by atoms with Gasteiger partial charge in [-0.1, -0.05) is 19.1 Å². The maximum atomic E-state index is 11.6. The maximum Gasteiger partial charge on any atom is 0.234 e. The van der Waals surface area contributed by atoms with Crippen LogP contribution in [0.1, 0.15) is 19.8 Å². The third-order valence-electron chi connectivity index (χ3n) is 3.55. The molecule has 1 aliphatic heterocycles. The number of thiocarbonyl (C=S) groups is 1. The molecule has 0 aliphatic carbocycles. The Morgan fingerprint density at radius 3 is 2.61 bits per heavy atom.